The maximum Gasteiger partial charge on any atom is 0.321 e. The van der Waals surface area contributed by atoms with Crippen LogP contribution in [-0.2, 0) is 25.8 Å². The fourth-order valence-corrected chi connectivity index (χ4v) is 4.42. The van der Waals surface area contributed by atoms with E-state index in [4.69, 9.17) is 14.5 Å². The van der Waals surface area contributed by atoms with E-state index in [1.165, 1.54) is 0 Å². The van der Waals surface area contributed by atoms with Crippen molar-refractivity contribution < 1.29 is 35.6 Å². The molecule has 2 aliphatic rings. The van der Waals surface area contributed by atoms with Crippen molar-refractivity contribution in [3.8, 4) is 17.5 Å². The van der Waals surface area contributed by atoms with Gasteiger partial charge in [0.2, 0.25) is 0 Å². The van der Waals surface area contributed by atoms with Crippen LogP contribution >= 0.6 is 0 Å². The summed E-state index contributed by atoms with van der Waals surface area (Å²) in [6.07, 6.45) is 5.13. The van der Waals surface area contributed by atoms with Crippen molar-refractivity contribution in [1.82, 2.24) is 9.97 Å². The Balaban J connectivity index is 0.00000231. The molecule has 0 spiro atoms. The van der Waals surface area contributed by atoms with Crippen molar-refractivity contribution in [2.45, 2.75) is 52.2 Å². The zero-order valence-electron chi connectivity index (χ0n) is 17.7. The van der Waals surface area contributed by atoms with Gasteiger partial charge in [0.25, 0.3) is 0 Å². The topological polar surface area (TPSA) is 76.8 Å². The van der Waals surface area contributed by atoms with E-state index in [0.717, 1.165) is 35.8 Å². The van der Waals surface area contributed by atoms with Gasteiger partial charge in [0.05, 0.1) is 6.04 Å². The standard InChI is InChI=1S/C24H24N3O3.Pt/c1-14-10-16-13-25-23(26-20(16)18(28)11-14)29-17-7-4-6-15(12-17)22-27-21-19(30-22)8-5-9-24(21,2)3;/h4,6-7,10-11,13,19,21,28H,5,8-9H2,1-3H3;/q-1;/t19-,21+;/m0./s1. The Hall–Kier alpha value is -2.46. The molecule has 2 atom stereocenters. The van der Waals surface area contributed by atoms with E-state index < -0.39 is 0 Å². The summed E-state index contributed by atoms with van der Waals surface area (Å²) in [5.74, 6) is 1.20. The van der Waals surface area contributed by atoms with Crippen LogP contribution in [0.25, 0.3) is 10.9 Å². The molecule has 1 fully saturated rings. The van der Waals surface area contributed by atoms with Crippen molar-refractivity contribution in [2.24, 2.45) is 10.4 Å². The summed E-state index contributed by atoms with van der Waals surface area (Å²) in [4.78, 5) is 13.5. The molecule has 1 N–H and O–H groups in total. The quantitative estimate of drug-likeness (QED) is 0.433. The zero-order chi connectivity index (χ0) is 20.9. The van der Waals surface area contributed by atoms with Gasteiger partial charge in [0.1, 0.15) is 23.3 Å². The number of benzene rings is 2. The number of ether oxygens (including phenoxy) is 2. The van der Waals surface area contributed by atoms with E-state index >= 15 is 0 Å². The van der Waals surface area contributed by atoms with Crippen LogP contribution in [0.4, 0.5) is 0 Å². The van der Waals surface area contributed by atoms with Crippen molar-refractivity contribution >= 4 is 16.8 Å². The van der Waals surface area contributed by atoms with E-state index in [1.54, 1.807) is 18.3 Å². The number of fused-ring (bicyclic) bond motifs is 2. The third kappa shape index (κ3) is 4.18. The predicted octanol–water partition coefficient (Wildman–Crippen LogP) is 4.96. The summed E-state index contributed by atoms with van der Waals surface area (Å²) in [5.41, 5.74) is 2.30. The normalized spacial score (nSPS) is 21.6. The molecular formula is C24H24N3O3Pt-. The Kier molecular flexibility index (Phi) is 5.78. The van der Waals surface area contributed by atoms with E-state index in [-0.39, 0.29) is 50.4 Å². The number of hydrogen-bond donors (Lipinski definition) is 1. The van der Waals surface area contributed by atoms with E-state index in [2.05, 4.69) is 29.9 Å². The van der Waals surface area contributed by atoms with Gasteiger partial charge in [-0.2, -0.15) is 4.98 Å². The summed E-state index contributed by atoms with van der Waals surface area (Å²) in [7, 11) is 0. The molecule has 2 aromatic carbocycles. The molecule has 0 radical (unpaired) electrons. The molecule has 6 nitrogen and oxygen atoms in total. The first kappa shape index (κ1) is 21.8. The van der Waals surface area contributed by atoms with Crippen molar-refractivity contribution in [1.29, 1.82) is 0 Å². The molecule has 1 aromatic heterocycles. The number of rotatable bonds is 3. The summed E-state index contributed by atoms with van der Waals surface area (Å²) in [6.45, 7) is 6.43. The van der Waals surface area contributed by atoms with E-state index in [9.17, 15) is 5.11 Å². The molecule has 0 amide bonds. The van der Waals surface area contributed by atoms with Gasteiger partial charge < -0.3 is 14.6 Å². The minimum atomic E-state index is 0. The Morgan fingerprint density at radius 1 is 1.26 bits per heavy atom. The van der Waals surface area contributed by atoms with Crippen LogP contribution in [0, 0.1) is 18.4 Å². The van der Waals surface area contributed by atoms with Gasteiger partial charge in [-0.1, -0.05) is 25.5 Å². The molecule has 1 aliphatic carbocycles. The monoisotopic (exact) mass is 597 g/mol. The number of phenols is 1. The first-order valence-corrected chi connectivity index (χ1v) is 10.3. The number of aliphatic imine (C=N–C) groups is 1. The van der Waals surface area contributed by atoms with Crippen molar-refractivity contribution in [2.75, 3.05) is 0 Å². The van der Waals surface area contributed by atoms with Gasteiger partial charge in [-0.05, 0) is 49.3 Å². The second-order valence-corrected chi connectivity index (χ2v) is 8.82. The molecular weight excluding hydrogens is 573 g/mol. The second kappa shape index (κ2) is 8.23. The number of aromatic hydroxyl groups is 1. The first-order valence-electron chi connectivity index (χ1n) is 10.3. The maximum absolute atomic E-state index is 10.2. The number of hydrogen-bond acceptors (Lipinski definition) is 6. The van der Waals surface area contributed by atoms with Crippen LogP contribution in [0.15, 0.2) is 41.5 Å². The molecule has 164 valence electrons. The van der Waals surface area contributed by atoms with Crippen LogP contribution in [0.3, 0.4) is 0 Å². The maximum atomic E-state index is 10.2. The molecule has 7 heteroatoms. The third-order valence-electron chi connectivity index (χ3n) is 5.97. The molecule has 1 aliphatic heterocycles. The summed E-state index contributed by atoms with van der Waals surface area (Å²) >= 11 is 0. The zero-order valence-corrected chi connectivity index (χ0v) is 19.9. The fourth-order valence-electron chi connectivity index (χ4n) is 4.42. The SMILES string of the molecule is Cc1cc(O)c2nc(Oc3[c-]c(C4=N[C@@H]5[C@H](CCCC5(C)C)O4)ccc3)ncc2c1.[Pt]. The number of phenolic OH excluding ortho intramolecular Hbond substituents is 1. The fraction of sp³-hybridized carbons (Fsp3) is 0.375. The summed E-state index contributed by atoms with van der Waals surface area (Å²) in [6, 6.07) is 12.7. The Morgan fingerprint density at radius 2 is 2.10 bits per heavy atom. The minimum absolute atomic E-state index is 0. The van der Waals surface area contributed by atoms with Crippen LogP contribution in [0.5, 0.6) is 17.5 Å². The number of nitrogens with zero attached hydrogens (tertiary/aromatic N) is 3. The predicted molar refractivity (Wildman–Crippen MR) is 114 cm³/mol. The molecule has 1 saturated carbocycles. The molecule has 3 aromatic rings. The van der Waals surface area contributed by atoms with Gasteiger partial charge in [-0.15, -0.1) is 18.2 Å². The number of aromatic nitrogens is 2. The van der Waals surface area contributed by atoms with E-state index in [0.29, 0.717) is 17.2 Å². The Morgan fingerprint density at radius 3 is 2.90 bits per heavy atom. The Labute approximate surface area is 196 Å². The van der Waals surface area contributed by atoms with Crippen molar-refractivity contribution in [3.63, 3.8) is 0 Å². The van der Waals surface area contributed by atoms with Gasteiger partial charge in [0.15, 0.2) is 0 Å². The molecule has 0 saturated heterocycles. The molecule has 0 bridgehead atoms. The molecule has 5 rings (SSSR count). The van der Waals surface area contributed by atoms with Crippen molar-refractivity contribution in [3.05, 3.63) is 53.7 Å². The van der Waals surface area contributed by atoms with Crippen LogP contribution in [-0.4, -0.2) is 33.1 Å². The van der Waals surface area contributed by atoms with Crippen LogP contribution in [0.2, 0.25) is 0 Å². The molecule has 0 unspecified atom stereocenters. The summed E-state index contributed by atoms with van der Waals surface area (Å²) in [5, 5.41) is 10.9. The van der Waals surface area contributed by atoms with Crippen LogP contribution < -0.4 is 4.74 Å². The number of aryl methyl sites for hydroxylation is 1. The average Bonchev–Trinajstić information content (AvgIpc) is 3.15. The van der Waals surface area contributed by atoms with Gasteiger partial charge in [0, 0.05) is 38.4 Å². The third-order valence-corrected chi connectivity index (χ3v) is 5.97. The summed E-state index contributed by atoms with van der Waals surface area (Å²) < 4.78 is 12.0. The van der Waals surface area contributed by atoms with Gasteiger partial charge in [-0.25, -0.2) is 4.98 Å². The second-order valence-electron chi connectivity index (χ2n) is 8.82. The molecule has 2 heterocycles. The van der Waals surface area contributed by atoms with Gasteiger partial charge in [-0.3, -0.25) is 4.99 Å². The molecule has 31 heavy (non-hydrogen) atoms. The minimum Gasteiger partial charge on any atom is -0.515 e. The van der Waals surface area contributed by atoms with E-state index in [1.807, 2.05) is 25.1 Å². The van der Waals surface area contributed by atoms with Crippen LogP contribution in [0.1, 0.15) is 44.2 Å². The van der Waals surface area contributed by atoms with Gasteiger partial charge >= 0.3 is 6.01 Å². The first-order chi connectivity index (χ1) is 14.4. The Bertz CT molecular complexity index is 1160. The average molecular weight is 598 g/mol. The smallest absolute Gasteiger partial charge is 0.321 e. The largest absolute Gasteiger partial charge is 0.515 e.